The van der Waals surface area contributed by atoms with Gasteiger partial charge < -0.3 is 4.74 Å². The highest BCUT2D eigenvalue weighted by Gasteiger charge is 2.17. The van der Waals surface area contributed by atoms with Gasteiger partial charge in [0.2, 0.25) is 5.78 Å². The van der Waals surface area contributed by atoms with Gasteiger partial charge in [-0.05, 0) is 36.2 Å². The van der Waals surface area contributed by atoms with Gasteiger partial charge in [0.05, 0.1) is 10.9 Å². The lowest BCUT2D eigenvalue weighted by molar-refractivity contribution is 0.190. The number of para-hydroxylation sites is 1. The zero-order chi connectivity index (χ0) is 20.4. The largest absolute Gasteiger partial charge is 0.385 e. The van der Waals surface area contributed by atoms with Crippen molar-refractivity contribution in [2.24, 2.45) is 0 Å². The van der Waals surface area contributed by atoms with Crippen molar-refractivity contribution in [3.8, 4) is 0 Å². The molecule has 2 aromatic heterocycles. The number of thioether (sulfide) groups is 1. The van der Waals surface area contributed by atoms with E-state index in [0.717, 1.165) is 11.1 Å². The molecule has 0 N–H and O–H groups in total. The minimum absolute atomic E-state index is 0.0885. The Balaban J connectivity index is 1.78. The second kappa shape index (κ2) is 8.64. The summed E-state index contributed by atoms with van der Waals surface area (Å²) in [6.45, 7) is 1.05. The number of benzene rings is 2. The molecule has 0 aliphatic rings. The molecule has 4 rings (SSSR count). The number of fused-ring (bicyclic) bond motifs is 3. The Morgan fingerprint density at radius 2 is 2.03 bits per heavy atom. The maximum absolute atomic E-state index is 13.3. The molecule has 4 aromatic rings. The summed E-state index contributed by atoms with van der Waals surface area (Å²) in [7, 11) is 1.64. The van der Waals surface area contributed by atoms with Crippen LogP contribution >= 0.6 is 27.7 Å². The maximum atomic E-state index is 13.3. The zero-order valence-electron chi connectivity index (χ0n) is 15.6. The van der Waals surface area contributed by atoms with Gasteiger partial charge in [0.25, 0.3) is 5.56 Å². The smallest absolute Gasteiger partial charge is 0.262 e. The van der Waals surface area contributed by atoms with Crippen molar-refractivity contribution in [1.29, 1.82) is 0 Å². The average molecular weight is 477 g/mol. The molecule has 29 heavy (non-hydrogen) atoms. The second-order valence-electron chi connectivity index (χ2n) is 6.46. The van der Waals surface area contributed by atoms with Crippen LogP contribution in [0.25, 0.3) is 16.7 Å². The Bertz CT molecular complexity index is 1240. The van der Waals surface area contributed by atoms with Gasteiger partial charge in [-0.1, -0.05) is 45.9 Å². The van der Waals surface area contributed by atoms with E-state index in [2.05, 4.69) is 26.1 Å². The van der Waals surface area contributed by atoms with Crippen LogP contribution in [0.1, 0.15) is 12.0 Å². The molecule has 0 bridgehead atoms. The molecule has 0 aliphatic carbocycles. The van der Waals surface area contributed by atoms with Crippen molar-refractivity contribution in [3.05, 3.63) is 68.7 Å². The monoisotopic (exact) mass is 476 g/mol. The lowest BCUT2D eigenvalue weighted by Crippen LogP contribution is -2.24. The van der Waals surface area contributed by atoms with E-state index < -0.39 is 0 Å². The fraction of sp³-hybridized carbons (Fsp3) is 0.250. The summed E-state index contributed by atoms with van der Waals surface area (Å²) in [5.41, 5.74) is 1.63. The van der Waals surface area contributed by atoms with Crippen LogP contribution in [0, 0.1) is 5.82 Å². The van der Waals surface area contributed by atoms with Crippen molar-refractivity contribution in [2.75, 3.05) is 13.7 Å². The Labute approximate surface area is 178 Å². The molecule has 0 amide bonds. The van der Waals surface area contributed by atoms with Crippen LogP contribution in [0.15, 0.2) is 56.9 Å². The summed E-state index contributed by atoms with van der Waals surface area (Å²) >= 11 is 4.89. The molecule has 6 nitrogen and oxygen atoms in total. The summed E-state index contributed by atoms with van der Waals surface area (Å²) in [4.78, 5) is 13.0. The first kappa shape index (κ1) is 20.1. The van der Waals surface area contributed by atoms with Gasteiger partial charge in [0, 0.05) is 30.5 Å². The maximum Gasteiger partial charge on any atom is 0.262 e. The number of ether oxygens (including phenoxy) is 1. The normalized spacial score (nSPS) is 11.6. The third kappa shape index (κ3) is 3.94. The van der Waals surface area contributed by atoms with Gasteiger partial charge in [0.15, 0.2) is 5.16 Å². The molecule has 0 radical (unpaired) electrons. The minimum Gasteiger partial charge on any atom is -0.385 e. The zero-order valence-corrected chi connectivity index (χ0v) is 18.0. The molecule has 2 aromatic carbocycles. The first-order chi connectivity index (χ1) is 14.1. The highest BCUT2D eigenvalue weighted by atomic mass is 79.9. The van der Waals surface area contributed by atoms with Crippen molar-refractivity contribution in [1.82, 2.24) is 19.2 Å². The van der Waals surface area contributed by atoms with E-state index in [0.29, 0.717) is 46.1 Å². The molecule has 0 spiro atoms. The van der Waals surface area contributed by atoms with E-state index in [1.807, 2.05) is 28.7 Å². The lowest BCUT2D eigenvalue weighted by atomic mass is 10.2. The standard InChI is InChI=1S/C20H18BrFN4O2S/c1-28-10-4-9-25-18(27)15-5-2-3-6-17(15)26-19(25)23-24-20(26)29-12-13-7-8-14(22)11-16(13)21/h2-3,5-8,11H,4,9-10,12H2,1H3. The Morgan fingerprint density at radius 3 is 2.83 bits per heavy atom. The van der Waals surface area contributed by atoms with E-state index in [4.69, 9.17) is 4.74 Å². The van der Waals surface area contributed by atoms with Crippen molar-refractivity contribution in [3.63, 3.8) is 0 Å². The first-order valence-electron chi connectivity index (χ1n) is 9.02. The Hall–Kier alpha value is -2.23. The van der Waals surface area contributed by atoms with Gasteiger partial charge >= 0.3 is 0 Å². The van der Waals surface area contributed by atoms with Gasteiger partial charge in [0.1, 0.15) is 5.82 Å². The number of hydrogen-bond acceptors (Lipinski definition) is 5. The van der Waals surface area contributed by atoms with Crippen molar-refractivity contribution >= 4 is 44.4 Å². The quantitative estimate of drug-likeness (QED) is 0.294. The van der Waals surface area contributed by atoms with Crippen molar-refractivity contribution in [2.45, 2.75) is 23.9 Å². The third-order valence-corrected chi connectivity index (χ3v) is 6.30. The molecule has 0 saturated carbocycles. The molecular formula is C20H18BrFN4O2S. The van der Waals surface area contributed by atoms with Crippen LogP contribution in [0.5, 0.6) is 0 Å². The highest BCUT2D eigenvalue weighted by molar-refractivity contribution is 9.10. The van der Waals surface area contributed by atoms with Crippen molar-refractivity contribution < 1.29 is 9.13 Å². The number of rotatable bonds is 7. The Morgan fingerprint density at radius 1 is 1.21 bits per heavy atom. The molecule has 0 saturated heterocycles. The van der Waals surface area contributed by atoms with Crippen LogP contribution in [0.2, 0.25) is 0 Å². The van der Waals surface area contributed by atoms with Crippen LogP contribution in [-0.2, 0) is 17.0 Å². The SMILES string of the molecule is COCCCn1c(=O)c2ccccc2n2c(SCc3ccc(F)cc3Br)nnc12. The van der Waals surface area contributed by atoms with Gasteiger partial charge in [-0.15, -0.1) is 10.2 Å². The number of halogens is 2. The lowest BCUT2D eigenvalue weighted by Gasteiger charge is -2.11. The Kier molecular flexibility index (Phi) is 5.98. The second-order valence-corrected chi connectivity index (χ2v) is 8.26. The molecule has 0 aliphatic heterocycles. The van der Waals surface area contributed by atoms with Gasteiger partial charge in [-0.2, -0.15) is 0 Å². The number of hydrogen-bond donors (Lipinski definition) is 0. The van der Waals surface area contributed by atoms with Crippen LogP contribution in [0.4, 0.5) is 4.39 Å². The van der Waals surface area contributed by atoms with Crippen LogP contribution in [0.3, 0.4) is 0 Å². The van der Waals surface area contributed by atoms with E-state index >= 15 is 0 Å². The number of nitrogens with zero attached hydrogens (tertiary/aromatic N) is 4. The summed E-state index contributed by atoms with van der Waals surface area (Å²) < 4.78 is 22.7. The molecule has 9 heteroatoms. The fourth-order valence-corrected chi connectivity index (χ4v) is 4.80. The predicted molar refractivity (Wildman–Crippen MR) is 115 cm³/mol. The van der Waals surface area contributed by atoms with Crippen LogP contribution in [-0.4, -0.2) is 32.9 Å². The first-order valence-corrected chi connectivity index (χ1v) is 10.8. The summed E-state index contributed by atoms with van der Waals surface area (Å²) in [5.74, 6) is 0.800. The highest BCUT2D eigenvalue weighted by Crippen LogP contribution is 2.28. The number of aryl methyl sites for hydroxylation is 1. The molecular weight excluding hydrogens is 459 g/mol. The molecule has 0 atom stereocenters. The van der Waals surface area contributed by atoms with Gasteiger partial charge in [-0.3, -0.25) is 13.8 Å². The summed E-state index contributed by atoms with van der Waals surface area (Å²) in [6.07, 6.45) is 0.697. The van der Waals surface area contributed by atoms with E-state index in [-0.39, 0.29) is 11.4 Å². The molecule has 0 fully saturated rings. The molecule has 0 unspecified atom stereocenters. The van der Waals surface area contributed by atoms with E-state index in [9.17, 15) is 9.18 Å². The molecule has 150 valence electrons. The average Bonchev–Trinajstić information content (AvgIpc) is 3.14. The predicted octanol–water partition coefficient (Wildman–Crippen LogP) is 4.27. The fourth-order valence-electron chi connectivity index (χ4n) is 3.18. The minimum atomic E-state index is -0.287. The molecule has 2 heterocycles. The van der Waals surface area contributed by atoms with E-state index in [1.54, 1.807) is 17.7 Å². The topological polar surface area (TPSA) is 61.4 Å². The summed E-state index contributed by atoms with van der Waals surface area (Å²) in [6, 6.07) is 12.1. The number of methoxy groups -OCH3 is 1. The van der Waals surface area contributed by atoms with Crippen LogP contribution < -0.4 is 5.56 Å². The van der Waals surface area contributed by atoms with Gasteiger partial charge in [-0.25, -0.2) is 4.39 Å². The third-order valence-electron chi connectivity index (χ3n) is 4.58. The number of aromatic nitrogens is 4. The van der Waals surface area contributed by atoms with E-state index in [1.165, 1.54) is 23.9 Å². The summed E-state index contributed by atoms with van der Waals surface area (Å²) in [5, 5.41) is 9.92.